The third-order valence-corrected chi connectivity index (χ3v) is 5.10. The van der Waals surface area contributed by atoms with Crippen LogP contribution in [0.25, 0.3) is 0 Å². The molecule has 1 saturated heterocycles. The van der Waals surface area contributed by atoms with Gasteiger partial charge in [0.1, 0.15) is 11.5 Å². The van der Waals surface area contributed by atoms with E-state index in [4.69, 9.17) is 9.47 Å². The topological polar surface area (TPSA) is 43.7 Å². The summed E-state index contributed by atoms with van der Waals surface area (Å²) in [6.07, 6.45) is 3.99. The molecule has 3 rings (SSSR count). The van der Waals surface area contributed by atoms with Gasteiger partial charge in [-0.15, -0.1) is 0 Å². The number of nitrogens with zero attached hydrogens (tertiary/aromatic N) is 2. The fraction of sp³-hybridized carbons (Fsp3) is 0.450. The number of benzene rings is 1. The lowest BCUT2D eigenvalue weighted by atomic mass is 9.90. The molecule has 0 N–H and O–H groups in total. The zero-order valence-electron chi connectivity index (χ0n) is 15.2. The van der Waals surface area contributed by atoms with Crippen LogP contribution in [0.1, 0.15) is 29.9 Å². The van der Waals surface area contributed by atoms with Gasteiger partial charge in [-0.2, -0.15) is 0 Å². The molecule has 2 aromatic rings. The van der Waals surface area contributed by atoms with Crippen LogP contribution in [-0.2, 0) is 13.6 Å². The highest BCUT2D eigenvalue weighted by molar-refractivity contribution is 5.44. The molecule has 1 aliphatic rings. The predicted molar refractivity (Wildman–Crippen MR) is 98.5 cm³/mol. The van der Waals surface area contributed by atoms with Crippen LogP contribution >= 0.6 is 0 Å². The second-order valence-electron chi connectivity index (χ2n) is 6.60. The standard InChI is InChI=1S/C20H26N2O3/c1-21-10-7-16(13-20(21)23)15-8-11-22(12-9-15)14-17-18(24-2)5-4-6-19(17)25-3/h4-7,10,13,15H,8-9,11-12,14H2,1-3H3. The number of hydrogen-bond acceptors (Lipinski definition) is 4. The molecule has 0 atom stereocenters. The van der Waals surface area contributed by atoms with Gasteiger partial charge in [0, 0.05) is 25.9 Å². The summed E-state index contributed by atoms with van der Waals surface area (Å²) in [5.41, 5.74) is 2.33. The molecule has 134 valence electrons. The first-order valence-electron chi connectivity index (χ1n) is 8.71. The molecular weight excluding hydrogens is 316 g/mol. The summed E-state index contributed by atoms with van der Waals surface area (Å²) >= 11 is 0. The van der Waals surface area contributed by atoms with Gasteiger partial charge in [0.2, 0.25) is 0 Å². The van der Waals surface area contributed by atoms with Gasteiger partial charge in [-0.1, -0.05) is 6.07 Å². The van der Waals surface area contributed by atoms with Crippen LogP contribution < -0.4 is 15.0 Å². The molecule has 25 heavy (non-hydrogen) atoms. The Labute approximate surface area is 148 Å². The van der Waals surface area contributed by atoms with Gasteiger partial charge >= 0.3 is 0 Å². The quantitative estimate of drug-likeness (QED) is 0.838. The summed E-state index contributed by atoms with van der Waals surface area (Å²) in [6, 6.07) is 9.76. The molecule has 0 unspecified atom stereocenters. The maximum absolute atomic E-state index is 11.9. The number of ether oxygens (including phenoxy) is 2. The fourth-order valence-corrected chi connectivity index (χ4v) is 3.55. The Hall–Kier alpha value is -2.27. The van der Waals surface area contributed by atoms with E-state index in [0.29, 0.717) is 5.92 Å². The number of piperidine rings is 1. The molecule has 0 amide bonds. The molecule has 1 aromatic carbocycles. The van der Waals surface area contributed by atoms with Crippen LogP contribution in [0.15, 0.2) is 41.3 Å². The molecule has 0 radical (unpaired) electrons. The van der Waals surface area contributed by atoms with Crippen molar-refractivity contribution in [1.82, 2.24) is 9.47 Å². The van der Waals surface area contributed by atoms with E-state index < -0.39 is 0 Å². The smallest absolute Gasteiger partial charge is 0.250 e. The molecule has 5 heteroatoms. The first-order chi connectivity index (χ1) is 12.1. The van der Waals surface area contributed by atoms with E-state index in [0.717, 1.165) is 55.1 Å². The zero-order chi connectivity index (χ0) is 17.8. The molecule has 1 fully saturated rings. The SMILES string of the molecule is COc1cccc(OC)c1CN1CCC(c2ccn(C)c(=O)c2)CC1. The Balaban J connectivity index is 1.67. The van der Waals surface area contributed by atoms with Crippen molar-refractivity contribution in [3.05, 3.63) is 58.0 Å². The second-order valence-corrected chi connectivity index (χ2v) is 6.60. The van der Waals surface area contributed by atoms with Crippen molar-refractivity contribution >= 4 is 0 Å². The van der Waals surface area contributed by atoms with Crippen LogP contribution in [0.3, 0.4) is 0 Å². The largest absolute Gasteiger partial charge is 0.496 e. The Morgan fingerprint density at radius 2 is 1.72 bits per heavy atom. The van der Waals surface area contributed by atoms with Crippen LogP contribution in [0.4, 0.5) is 0 Å². The van der Waals surface area contributed by atoms with Gasteiger partial charge in [-0.05, 0) is 55.6 Å². The van der Waals surface area contributed by atoms with Crippen molar-refractivity contribution in [2.24, 2.45) is 7.05 Å². The summed E-state index contributed by atoms with van der Waals surface area (Å²) in [6.45, 7) is 2.82. The van der Waals surface area contributed by atoms with Gasteiger partial charge in [-0.3, -0.25) is 9.69 Å². The normalized spacial score (nSPS) is 16.0. The molecule has 0 aliphatic carbocycles. The Morgan fingerprint density at radius 1 is 1.08 bits per heavy atom. The second kappa shape index (κ2) is 7.74. The van der Waals surface area contributed by atoms with Crippen LogP contribution in [0.2, 0.25) is 0 Å². The maximum atomic E-state index is 11.9. The van der Waals surface area contributed by atoms with Gasteiger partial charge in [-0.25, -0.2) is 0 Å². The number of methoxy groups -OCH3 is 2. The van der Waals surface area contributed by atoms with E-state index in [1.165, 1.54) is 0 Å². The lowest BCUT2D eigenvalue weighted by molar-refractivity contribution is 0.200. The molecule has 0 spiro atoms. The average Bonchev–Trinajstić information content (AvgIpc) is 2.65. The van der Waals surface area contributed by atoms with E-state index in [2.05, 4.69) is 11.0 Å². The summed E-state index contributed by atoms with van der Waals surface area (Å²) in [5.74, 6) is 2.20. The number of rotatable bonds is 5. The van der Waals surface area contributed by atoms with E-state index in [1.54, 1.807) is 31.9 Å². The number of aromatic nitrogens is 1. The van der Waals surface area contributed by atoms with E-state index >= 15 is 0 Å². The zero-order valence-corrected chi connectivity index (χ0v) is 15.2. The minimum atomic E-state index is 0.0682. The third-order valence-electron chi connectivity index (χ3n) is 5.10. The number of aryl methyl sites for hydroxylation is 1. The molecule has 0 saturated carbocycles. The number of hydrogen-bond donors (Lipinski definition) is 0. The summed E-state index contributed by atoms with van der Waals surface area (Å²) in [5, 5.41) is 0. The third kappa shape index (κ3) is 3.87. The fourth-order valence-electron chi connectivity index (χ4n) is 3.55. The van der Waals surface area contributed by atoms with Crippen molar-refractivity contribution in [3.63, 3.8) is 0 Å². The maximum Gasteiger partial charge on any atom is 0.250 e. The highest BCUT2D eigenvalue weighted by Gasteiger charge is 2.23. The molecule has 2 heterocycles. The van der Waals surface area contributed by atoms with E-state index in [-0.39, 0.29) is 5.56 Å². The first kappa shape index (κ1) is 17.5. The van der Waals surface area contributed by atoms with Crippen molar-refractivity contribution < 1.29 is 9.47 Å². The minimum Gasteiger partial charge on any atom is -0.496 e. The molecule has 0 bridgehead atoms. The average molecular weight is 342 g/mol. The summed E-state index contributed by atoms with van der Waals surface area (Å²) < 4.78 is 12.6. The Kier molecular flexibility index (Phi) is 5.43. The van der Waals surface area contributed by atoms with Gasteiger partial charge in [0.25, 0.3) is 5.56 Å². The van der Waals surface area contributed by atoms with Gasteiger partial charge in [0.05, 0.1) is 19.8 Å². The van der Waals surface area contributed by atoms with Crippen molar-refractivity contribution in [2.75, 3.05) is 27.3 Å². The van der Waals surface area contributed by atoms with Gasteiger partial charge in [0.15, 0.2) is 0 Å². The minimum absolute atomic E-state index is 0.0682. The Morgan fingerprint density at radius 3 is 2.28 bits per heavy atom. The predicted octanol–water partition coefficient (Wildman–Crippen LogP) is 2.78. The van der Waals surface area contributed by atoms with Crippen LogP contribution in [0, 0.1) is 0 Å². The summed E-state index contributed by atoms with van der Waals surface area (Å²) in [4.78, 5) is 14.3. The van der Waals surface area contributed by atoms with Crippen LogP contribution in [0.5, 0.6) is 11.5 Å². The molecule has 1 aromatic heterocycles. The monoisotopic (exact) mass is 342 g/mol. The van der Waals surface area contributed by atoms with Crippen molar-refractivity contribution in [3.8, 4) is 11.5 Å². The lowest BCUT2D eigenvalue weighted by Gasteiger charge is -2.32. The molecular formula is C20H26N2O3. The summed E-state index contributed by atoms with van der Waals surface area (Å²) in [7, 11) is 5.18. The highest BCUT2D eigenvalue weighted by Crippen LogP contribution is 2.32. The van der Waals surface area contributed by atoms with E-state index in [1.807, 2.05) is 24.4 Å². The van der Waals surface area contributed by atoms with Gasteiger partial charge < -0.3 is 14.0 Å². The first-order valence-corrected chi connectivity index (χ1v) is 8.71. The molecule has 1 aliphatic heterocycles. The van der Waals surface area contributed by atoms with E-state index in [9.17, 15) is 4.79 Å². The van der Waals surface area contributed by atoms with Crippen LogP contribution in [-0.4, -0.2) is 36.8 Å². The number of likely N-dealkylation sites (tertiary alicyclic amines) is 1. The van der Waals surface area contributed by atoms with Crippen molar-refractivity contribution in [1.29, 1.82) is 0 Å². The lowest BCUT2D eigenvalue weighted by Crippen LogP contribution is -2.33. The highest BCUT2D eigenvalue weighted by atomic mass is 16.5. The molecule has 5 nitrogen and oxygen atoms in total. The number of pyridine rings is 1. The Bertz CT molecular complexity index is 755. The van der Waals surface area contributed by atoms with Crippen molar-refractivity contribution in [2.45, 2.75) is 25.3 Å².